The number of carbonyl (C=O) groups excluding carboxylic acids is 3. The molecule has 0 aliphatic carbocycles. The first-order valence-corrected chi connectivity index (χ1v) is 9.53. The van der Waals surface area contributed by atoms with Crippen LogP contribution in [0.3, 0.4) is 0 Å². The Hall–Kier alpha value is -3.35. The highest BCUT2D eigenvalue weighted by Crippen LogP contribution is 2.18. The van der Waals surface area contributed by atoms with E-state index in [0.717, 1.165) is 5.69 Å². The van der Waals surface area contributed by atoms with Crippen LogP contribution in [-0.4, -0.2) is 43.6 Å². The highest BCUT2D eigenvalue weighted by atomic mass is 16.5. The topological polar surface area (TPSA) is 84.9 Å². The average Bonchev–Trinajstić information content (AvgIpc) is 2.74. The Morgan fingerprint density at radius 1 is 1.00 bits per heavy atom. The second kappa shape index (κ2) is 10.8. The van der Waals surface area contributed by atoms with Crippen LogP contribution in [-0.2, 0) is 14.3 Å². The smallest absolute Gasteiger partial charge is 0.326 e. The normalized spacial score (nSPS) is 11.3. The van der Waals surface area contributed by atoms with Gasteiger partial charge >= 0.3 is 5.97 Å². The van der Waals surface area contributed by atoms with Crippen LogP contribution in [0.4, 0.5) is 5.69 Å². The third-order valence-corrected chi connectivity index (χ3v) is 4.13. The lowest BCUT2D eigenvalue weighted by Crippen LogP contribution is -2.41. The Kier molecular flexibility index (Phi) is 8.21. The zero-order chi connectivity index (χ0) is 21.2. The third kappa shape index (κ3) is 6.07. The summed E-state index contributed by atoms with van der Waals surface area (Å²) < 4.78 is 10.6. The maximum atomic E-state index is 12.6. The van der Waals surface area contributed by atoms with Crippen molar-refractivity contribution in [2.24, 2.45) is 0 Å². The second-order valence-corrected chi connectivity index (χ2v) is 6.16. The maximum absolute atomic E-state index is 12.6. The number of hydrogen-bond donors (Lipinski definition) is 1. The van der Waals surface area contributed by atoms with E-state index >= 15 is 0 Å². The first-order chi connectivity index (χ1) is 14.0. The van der Waals surface area contributed by atoms with Gasteiger partial charge in [-0.3, -0.25) is 14.4 Å². The molecule has 0 aliphatic heterocycles. The number of nitrogens with one attached hydrogen (secondary N) is 1. The van der Waals surface area contributed by atoms with Gasteiger partial charge in [0, 0.05) is 12.2 Å². The van der Waals surface area contributed by atoms with Crippen LogP contribution in [0.25, 0.3) is 0 Å². The van der Waals surface area contributed by atoms with Crippen LogP contribution < -0.4 is 15.0 Å². The monoisotopic (exact) mass is 398 g/mol. The van der Waals surface area contributed by atoms with Crippen molar-refractivity contribution >= 4 is 23.5 Å². The molecule has 29 heavy (non-hydrogen) atoms. The number of carbonyl (C=O) groups is 3. The first kappa shape index (κ1) is 21.9. The van der Waals surface area contributed by atoms with Gasteiger partial charge in [-0.25, -0.2) is 0 Å². The predicted molar refractivity (Wildman–Crippen MR) is 110 cm³/mol. The lowest BCUT2D eigenvalue weighted by molar-refractivity contribution is -0.152. The Labute approximate surface area is 170 Å². The molecule has 0 bridgehead atoms. The van der Waals surface area contributed by atoms with Crippen molar-refractivity contribution in [1.29, 1.82) is 0 Å². The standard InChI is InChI=1S/C22H26N2O5/c1-4-24(17-11-7-6-8-12-17)22(27)16(3)29-20(25)15-23-21(26)18-13-9-10-14-19(18)28-5-2/h6-14,16H,4-5,15H2,1-3H3,(H,23,26)/t16-/m0/s1. The largest absolute Gasteiger partial charge is 0.493 e. The van der Waals surface area contributed by atoms with E-state index in [1.165, 1.54) is 11.8 Å². The molecule has 0 spiro atoms. The molecule has 2 aromatic rings. The van der Waals surface area contributed by atoms with Gasteiger partial charge < -0.3 is 19.7 Å². The summed E-state index contributed by atoms with van der Waals surface area (Å²) in [7, 11) is 0. The minimum Gasteiger partial charge on any atom is -0.493 e. The number of hydrogen-bond acceptors (Lipinski definition) is 5. The molecule has 1 atom stereocenters. The van der Waals surface area contributed by atoms with Crippen molar-refractivity contribution in [2.45, 2.75) is 26.9 Å². The van der Waals surface area contributed by atoms with E-state index in [0.29, 0.717) is 24.5 Å². The molecule has 0 saturated heterocycles. The molecule has 7 heteroatoms. The van der Waals surface area contributed by atoms with Crippen molar-refractivity contribution < 1.29 is 23.9 Å². The number of ether oxygens (including phenoxy) is 2. The molecule has 2 amide bonds. The molecule has 0 aliphatic rings. The molecule has 2 rings (SSSR count). The van der Waals surface area contributed by atoms with Crippen LogP contribution >= 0.6 is 0 Å². The number of rotatable bonds is 9. The number of likely N-dealkylation sites (N-methyl/N-ethyl adjacent to an activating group) is 1. The van der Waals surface area contributed by atoms with E-state index in [2.05, 4.69) is 5.32 Å². The van der Waals surface area contributed by atoms with Crippen LogP contribution in [0, 0.1) is 0 Å². The van der Waals surface area contributed by atoms with Crippen LogP contribution in [0.5, 0.6) is 5.75 Å². The minimum absolute atomic E-state index is 0.326. The molecule has 0 fully saturated rings. The molecule has 1 N–H and O–H groups in total. The molecular formula is C22H26N2O5. The predicted octanol–water partition coefficient (Wildman–Crippen LogP) is 2.80. The molecule has 154 valence electrons. The first-order valence-electron chi connectivity index (χ1n) is 9.53. The van der Waals surface area contributed by atoms with Gasteiger partial charge in [0.05, 0.1) is 12.2 Å². The SMILES string of the molecule is CCOc1ccccc1C(=O)NCC(=O)O[C@@H](C)C(=O)N(CC)c1ccccc1. The lowest BCUT2D eigenvalue weighted by Gasteiger charge is -2.24. The highest BCUT2D eigenvalue weighted by Gasteiger charge is 2.24. The van der Waals surface area contributed by atoms with E-state index in [4.69, 9.17) is 9.47 Å². The molecular weight excluding hydrogens is 372 g/mol. The molecule has 0 heterocycles. The summed E-state index contributed by atoms with van der Waals surface area (Å²) in [6.07, 6.45) is -0.977. The van der Waals surface area contributed by atoms with E-state index in [-0.39, 0.29) is 12.5 Å². The highest BCUT2D eigenvalue weighted by molar-refractivity contribution is 5.99. The van der Waals surface area contributed by atoms with Crippen LogP contribution in [0.15, 0.2) is 54.6 Å². The third-order valence-electron chi connectivity index (χ3n) is 4.13. The zero-order valence-corrected chi connectivity index (χ0v) is 16.9. The van der Waals surface area contributed by atoms with E-state index < -0.39 is 18.0 Å². The van der Waals surface area contributed by atoms with Gasteiger partial charge in [-0.05, 0) is 45.0 Å². The summed E-state index contributed by atoms with van der Waals surface area (Å²) in [5.41, 5.74) is 1.05. The fourth-order valence-electron chi connectivity index (χ4n) is 2.77. The summed E-state index contributed by atoms with van der Waals surface area (Å²) >= 11 is 0. The molecule has 7 nitrogen and oxygen atoms in total. The number of para-hydroxylation sites is 2. The van der Waals surface area contributed by atoms with Crippen molar-refractivity contribution in [2.75, 3.05) is 24.6 Å². The van der Waals surface area contributed by atoms with Crippen molar-refractivity contribution in [3.8, 4) is 5.75 Å². The van der Waals surface area contributed by atoms with Gasteiger partial charge in [0.2, 0.25) is 0 Å². The van der Waals surface area contributed by atoms with Gasteiger partial charge in [0.15, 0.2) is 6.10 Å². The van der Waals surface area contributed by atoms with Gasteiger partial charge in [-0.2, -0.15) is 0 Å². The van der Waals surface area contributed by atoms with Gasteiger partial charge in [0.25, 0.3) is 11.8 Å². The zero-order valence-electron chi connectivity index (χ0n) is 16.9. The quantitative estimate of drug-likeness (QED) is 0.657. The Morgan fingerprint density at radius 3 is 2.31 bits per heavy atom. The van der Waals surface area contributed by atoms with Crippen molar-refractivity contribution in [3.63, 3.8) is 0 Å². The fraction of sp³-hybridized carbons (Fsp3) is 0.318. The molecule has 0 unspecified atom stereocenters. The summed E-state index contributed by atoms with van der Waals surface area (Å²) in [6, 6.07) is 15.9. The summed E-state index contributed by atoms with van der Waals surface area (Å²) in [6.45, 7) is 5.68. The van der Waals surface area contributed by atoms with Gasteiger partial charge in [-0.15, -0.1) is 0 Å². The van der Waals surface area contributed by atoms with Crippen molar-refractivity contribution in [3.05, 3.63) is 60.2 Å². The van der Waals surface area contributed by atoms with Crippen LogP contribution in [0.1, 0.15) is 31.1 Å². The lowest BCUT2D eigenvalue weighted by atomic mass is 10.2. The number of benzene rings is 2. The number of esters is 1. The molecule has 0 radical (unpaired) electrons. The second-order valence-electron chi connectivity index (χ2n) is 6.16. The Bertz CT molecular complexity index is 838. The van der Waals surface area contributed by atoms with Gasteiger partial charge in [-0.1, -0.05) is 30.3 Å². The molecule has 2 aromatic carbocycles. The fourth-order valence-corrected chi connectivity index (χ4v) is 2.77. The Balaban J connectivity index is 1.91. The van der Waals surface area contributed by atoms with E-state index in [1.54, 1.807) is 24.3 Å². The maximum Gasteiger partial charge on any atom is 0.326 e. The summed E-state index contributed by atoms with van der Waals surface area (Å²) in [5.74, 6) is -1.05. The summed E-state index contributed by atoms with van der Waals surface area (Å²) in [4.78, 5) is 38.6. The van der Waals surface area contributed by atoms with Crippen LogP contribution in [0.2, 0.25) is 0 Å². The van der Waals surface area contributed by atoms with Gasteiger partial charge in [0.1, 0.15) is 12.3 Å². The average molecular weight is 398 g/mol. The van der Waals surface area contributed by atoms with Crippen molar-refractivity contribution in [1.82, 2.24) is 5.32 Å². The number of amides is 2. The molecule has 0 aromatic heterocycles. The summed E-state index contributed by atoms with van der Waals surface area (Å²) in [5, 5.41) is 2.50. The van der Waals surface area contributed by atoms with E-state index in [1.807, 2.05) is 44.2 Å². The Morgan fingerprint density at radius 2 is 1.66 bits per heavy atom. The minimum atomic E-state index is -0.977. The molecule has 0 saturated carbocycles. The number of nitrogens with zero attached hydrogens (tertiary/aromatic N) is 1. The van der Waals surface area contributed by atoms with E-state index in [9.17, 15) is 14.4 Å². The number of anilines is 1.